The number of rotatable bonds is 4. The maximum absolute atomic E-state index is 4.86. The molecule has 0 amide bonds. The molecule has 9 aromatic carbocycles. The summed E-state index contributed by atoms with van der Waals surface area (Å²) in [4.78, 5) is 4.86. The summed E-state index contributed by atoms with van der Waals surface area (Å²) in [6, 6.07) is 64.6. The van der Waals surface area contributed by atoms with Crippen molar-refractivity contribution in [2.75, 3.05) is 0 Å². The van der Waals surface area contributed by atoms with Crippen molar-refractivity contribution in [1.82, 2.24) is 4.98 Å². The van der Waals surface area contributed by atoms with Crippen LogP contribution in [0, 0.1) is 0 Å². The van der Waals surface area contributed by atoms with Gasteiger partial charge in [0.15, 0.2) is 0 Å². The lowest BCUT2D eigenvalue weighted by molar-refractivity contribution is 1.01. The molecule has 0 unspecified atom stereocenters. The molecule has 0 saturated heterocycles. The normalized spacial score (nSPS) is 12.8. The molecular formula is C53H35N. The molecule has 0 bridgehead atoms. The number of fused-ring (bicyclic) bond motifs is 6. The summed E-state index contributed by atoms with van der Waals surface area (Å²) in [6.07, 6.45) is 6.34. The molecule has 1 aromatic heterocycles. The number of benzene rings is 9. The van der Waals surface area contributed by atoms with Crippen LogP contribution in [0.3, 0.4) is 0 Å². The molecule has 252 valence electrons. The van der Waals surface area contributed by atoms with Crippen LogP contribution >= 0.6 is 0 Å². The first-order valence-electron chi connectivity index (χ1n) is 18.9. The molecule has 0 atom stereocenters. The number of allylic oxidation sites excluding steroid dienone is 1. The third-order valence-electron chi connectivity index (χ3n) is 11.6. The quantitative estimate of drug-likeness (QED) is 0.168. The minimum atomic E-state index is 0.944. The van der Waals surface area contributed by atoms with Crippen LogP contribution in [0.25, 0.3) is 99.0 Å². The van der Waals surface area contributed by atoms with E-state index in [-0.39, 0.29) is 0 Å². The van der Waals surface area contributed by atoms with E-state index in [0.717, 1.165) is 18.5 Å². The van der Waals surface area contributed by atoms with Gasteiger partial charge >= 0.3 is 0 Å². The third-order valence-corrected chi connectivity index (χ3v) is 11.6. The highest BCUT2D eigenvalue weighted by atomic mass is 14.7. The lowest BCUT2D eigenvalue weighted by Crippen LogP contribution is -2.06. The van der Waals surface area contributed by atoms with Gasteiger partial charge in [0.2, 0.25) is 0 Å². The van der Waals surface area contributed by atoms with Gasteiger partial charge in [-0.2, -0.15) is 0 Å². The second-order valence-electron chi connectivity index (χ2n) is 14.5. The first-order valence-corrected chi connectivity index (χ1v) is 18.9. The van der Waals surface area contributed by atoms with Crippen LogP contribution in [-0.4, -0.2) is 4.98 Å². The summed E-state index contributed by atoms with van der Waals surface area (Å²) >= 11 is 0. The third kappa shape index (κ3) is 4.82. The average molecular weight is 686 g/mol. The van der Waals surface area contributed by atoms with Gasteiger partial charge in [-0.05, 0) is 135 Å². The zero-order chi connectivity index (χ0) is 35.6. The molecule has 0 spiro atoms. The first kappa shape index (κ1) is 30.8. The highest BCUT2D eigenvalue weighted by Crippen LogP contribution is 2.50. The number of nitrogens with zero attached hydrogens (tertiary/aromatic N) is 1. The van der Waals surface area contributed by atoms with Crippen LogP contribution in [0.5, 0.6) is 0 Å². The maximum atomic E-state index is 4.86. The number of hydrogen-bond acceptors (Lipinski definition) is 1. The van der Waals surface area contributed by atoms with Crippen LogP contribution in [0.1, 0.15) is 23.1 Å². The molecule has 1 aliphatic carbocycles. The summed E-state index contributed by atoms with van der Waals surface area (Å²) in [5.41, 5.74) is 12.9. The van der Waals surface area contributed by atoms with Gasteiger partial charge in [-0.1, -0.05) is 158 Å². The van der Waals surface area contributed by atoms with E-state index in [9.17, 15) is 0 Å². The Morgan fingerprint density at radius 3 is 1.37 bits per heavy atom. The van der Waals surface area contributed by atoms with E-state index in [1.165, 1.54) is 104 Å². The van der Waals surface area contributed by atoms with Crippen LogP contribution < -0.4 is 0 Å². The van der Waals surface area contributed by atoms with Gasteiger partial charge in [-0.15, -0.1) is 0 Å². The Morgan fingerprint density at radius 1 is 0.352 bits per heavy atom. The Kier molecular flexibility index (Phi) is 7.06. The molecule has 1 heterocycles. The van der Waals surface area contributed by atoms with Gasteiger partial charge in [0.25, 0.3) is 0 Å². The van der Waals surface area contributed by atoms with E-state index in [1.54, 1.807) is 0 Å². The summed E-state index contributed by atoms with van der Waals surface area (Å²) in [6.45, 7) is 0. The fourth-order valence-corrected chi connectivity index (χ4v) is 9.23. The van der Waals surface area contributed by atoms with Crippen molar-refractivity contribution in [3.8, 4) is 33.5 Å². The molecule has 1 nitrogen and oxygen atoms in total. The van der Waals surface area contributed by atoms with Crippen molar-refractivity contribution < 1.29 is 0 Å². The van der Waals surface area contributed by atoms with Crippen molar-refractivity contribution in [3.05, 3.63) is 199 Å². The number of pyridine rings is 1. The predicted molar refractivity (Wildman–Crippen MR) is 231 cm³/mol. The SMILES string of the molecule is C1=C(c2c3ccccc3c(-c3ccccn3)c3ccccc23)CCc2c1c(-c1ccc3ccccc3c1)c1ccccc1c2-c1ccc2ccccc2c1. The second kappa shape index (κ2) is 12.4. The van der Waals surface area contributed by atoms with Crippen LogP contribution in [0.2, 0.25) is 0 Å². The molecule has 1 heteroatoms. The molecule has 0 saturated carbocycles. The molecule has 0 fully saturated rings. The zero-order valence-corrected chi connectivity index (χ0v) is 29.8. The largest absolute Gasteiger partial charge is 0.256 e. The summed E-state index contributed by atoms with van der Waals surface area (Å²) in [5.74, 6) is 0. The van der Waals surface area contributed by atoms with Gasteiger partial charge in [0, 0.05) is 11.8 Å². The van der Waals surface area contributed by atoms with E-state index in [2.05, 4.69) is 176 Å². The smallest absolute Gasteiger partial charge is 0.0714 e. The van der Waals surface area contributed by atoms with Crippen LogP contribution in [0.4, 0.5) is 0 Å². The monoisotopic (exact) mass is 685 g/mol. The highest BCUT2D eigenvalue weighted by Gasteiger charge is 2.26. The summed E-state index contributed by atoms with van der Waals surface area (Å²) < 4.78 is 0. The molecule has 11 rings (SSSR count). The topological polar surface area (TPSA) is 12.9 Å². The Balaban J connectivity index is 1.25. The van der Waals surface area contributed by atoms with Crippen molar-refractivity contribution >= 4 is 65.5 Å². The predicted octanol–water partition coefficient (Wildman–Crippen LogP) is 14.3. The zero-order valence-electron chi connectivity index (χ0n) is 29.8. The highest BCUT2D eigenvalue weighted by molar-refractivity contribution is 6.21. The lowest BCUT2D eigenvalue weighted by atomic mass is 9.76. The molecule has 0 aliphatic heterocycles. The van der Waals surface area contributed by atoms with Gasteiger partial charge in [-0.3, -0.25) is 4.98 Å². The van der Waals surface area contributed by atoms with Gasteiger partial charge < -0.3 is 0 Å². The lowest BCUT2D eigenvalue weighted by Gasteiger charge is -2.27. The van der Waals surface area contributed by atoms with Gasteiger partial charge in [-0.25, -0.2) is 0 Å². The number of aromatic nitrogens is 1. The summed E-state index contributed by atoms with van der Waals surface area (Å²) in [5, 5.41) is 12.7. The Morgan fingerprint density at radius 2 is 0.815 bits per heavy atom. The van der Waals surface area contributed by atoms with Crippen LogP contribution in [-0.2, 0) is 6.42 Å². The van der Waals surface area contributed by atoms with E-state index in [4.69, 9.17) is 4.98 Å². The molecule has 10 aromatic rings. The van der Waals surface area contributed by atoms with E-state index in [1.807, 2.05) is 12.3 Å². The Labute approximate surface area is 314 Å². The fraction of sp³-hybridized carbons (Fsp3) is 0.0377. The molecule has 0 N–H and O–H groups in total. The molecular weight excluding hydrogens is 651 g/mol. The van der Waals surface area contributed by atoms with Crippen LogP contribution in [0.15, 0.2) is 182 Å². The minimum absolute atomic E-state index is 0.944. The Hall–Kier alpha value is -6.83. The average Bonchev–Trinajstić information content (AvgIpc) is 3.24. The van der Waals surface area contributed by atoms with Crippen molar-refractivity contribution in [3.63, 3.8) is 0 Å². The van der Waals surface area contributed by atoms with E-state index < -0.39 is 0 Å². The van der Waals surface area contributed by atoms with Crippen molar-refractivity contribution in [2.24, 2.45) is 0 Å². The van der Waals surface area contributed by atoms with Crippen molar-refractivity contribution in [2.45, 2.75) is 12.8 Å². The standard InChI is InChI=1S/C53H35N/c1-3-15-36-31-38(26-24-34(36)13-1)50-41-17-5-6-18-42(41)52(39-27-25-35-14-2-4-16-37(35)32-39)48-33-40(28-29-47(48)50)51-43-19-7-9-21-45(43)53(49-23-11-12-30-54-49)46-22-10-8-20-44(46)51/h1-27,30-33H,28-29H2. The fourth-order valence-electron chi connectivity index (χ4n) is 9.23. The molecule has 54 heavy (non-hydrogen) atoms. The Bertz CT molecular complexity index is 3090. The van der Waals surface area contributed by atoms with E-state index >= 15 is 0 Å². The molecule has 1 aliphatic rings. The maximum Gasteiger partial charge on any atom is 0.0714 e. The van der Waals surface area contributed by atoms with E-state index in [0.29, 0.717) is 0 Å². The van der Waals surface area contributed by atoms with Gasteiger partial charge in [0.05, 0.1) is 5.69 Å². The molecule has 0 radical (unpaired) electrons. The van der Waals surface area contributed by atoms with Crippen molar-refractivity contribution in [1.29, 1.82) is 0 Å². The minimum Gasteiger partial charge on any atom is -0.256 e. The first-order chi connectivity index (χ1) is 26.8. The summed E-state index contributed by atoms with van der Waals surface area (Å²) in [7, 11) is 0. The second-order valence-corrected chi connectivity index (χ2v) is 14.5. The van der Waals surface area contributed by atoms with Gasteiger partial charge in [0.1, 0.15) is 0 Å². The number of hydrogen-bond donors (Lipinski definition) is 0.